The number of nitrogens with zero attached hydrogens (tertiary/aromatic N) is 2. The fourth-order valence-electron chi connectivity index (χ4n) is 5.27. The number of rotatable bonds is 8. The molecule has 1 saturated carbocycles. The zero-order valence-electron chi connectivity index (χ0n) is 20.2. The van der Waals surface area contributed by atoms with Crippen molar-refractivity contribution in [2.45, 2.75) is 70.2 Å². The fraction of sp³-hybridized carbons (Fsp3) is 0.536. The molecule has 3 aliphatic rings. The lowest BCUT2D eigenvalue weighted by molar-refractivity contribution is -0.0278. The highest BCUT2D eigenvalue weighted by Crippen LogP contribution is 2.41. The largest absolute Gasteiger partial charge is 0.493 e. The Labute approximate surface area is 201 Å². The average molecular weight is 467 g/mol. The highest BCUT2D eigenvalue weighted by Gasteiger charge is 2.54. The van der Waals surface area contributed by atoms with Crippen LogP contribution in [0.4, 0.5) is 9.18 Å². The Balaban J connectivity index is 1.34. The lowest BCUT2D eigenvalue weighted by Crippen LogP contribution is -2.54. The summed E-state index contributed by atoms with van der Waals surface area (Å²) in [6.45, 7) is 7.51. The maximum atomic E-state index is 13.5. The van der Waals surface area contributed by atoms with Gasteiger partial charge in [-0.1, -0.05) is 24.3 Å². The molecule has 1 amide bonds. The predicted octanol–water partition coefficient (Wildman–Crippen LogP) is 5.42. The molecule has 0 bridgehead atoms. The summed E-state index contributed by atoms with van der Waals surface area (Å²) >= 11 is 0. The van der Waals surface area contributed by atoms with Gasteiger partial charge in [0.2, 0.25) is 0 Å². The normalized spacial score (nSPS) is 22.4. The molecular weight excluding hydrogens is 431 g/mol. The van der Waals surface area contributed by atoms with Crippen LogP contribution in [0.1, 0.15) is 50.7 Å². The Morgan fingerprint density at radius 1 is 1.03 bits per heavy atom. The number of carbonyl (C=O) groups excluding carboxylic acids is 1. The van der Waals surface area contributed by atoms with Gasteiger partial charge in [0.05, 0.1) is 12.6 Å². The number of benzene rings is 2. The molecule has 2 saturated heterocycles. The molecule has 6 heteroatoms. The number of carbonyl (C=O) groups is 1. The molecule has 34 heavy (non-hydrogen) atoms. The van der Waals surface area contributed by atoms with E-state index in [0.717, 1.165) is 49.4 Å². The minimum Gasteiger partial charge on any atom is -0.493 e. The van der Waals surface area contributed by atoms with Gasteiger partial charge in [0.15, 0.2) is 0 Å². The molecule has 2 aromatic carbocycles. The summed E-state index contributed by atoms with van der Waals surface area (Å²) in [6, 6.07) is 15.1. The fourth-order valence-corrected chi connectivity index (χ4v) is 5.27. The van der Waals surface area contributed by atoms with Crippen LogP contribution in [-0.2, 0) is 17.7 Å². The topological polar surface area (TPSA) is 42.0 Å². The van der Waals surface area contributed by atoms with Gasteiger partial charge in [-0.3, -0.25) is 4.90 Å². The van der Waals surface area contributed by atoms with Crippen LogP contribution in [0.3, 0.4) is 0 Å². The summed E-state index contributed by atoms with van der Waals surface area (Å²) in [6.07, 6.45) is 4.55. The van der Waals surface area contributed by atoms with Crippen LogP contribution in [0.2, 0.25) is 0 Å². The second-order valence-electron chi connectivity index (χ2n) is 10.4. The van der Waals surface area contributed by atoms with Crippen LogP contribution in [-0.4, -0.2) is 53.3 Å². The lowest BCUT2D eigenvalue weighted by atomic mass is 9.80. The van der Waals surface area contributed by atoms with Crippen molar-refractivity contribution >= 4 is 6.09 Å². The van der Waals surface area contributed by atoms with E-state index in [0.29, 0.717) is 24.9 Å². The third-order valence-corrected chi connectivity index (χ3v) is 7.68. The number of hydrogen-bond acceptors (Lipinski definition) is 4. The molecule has 1 aliphatic carbocycles. The second-order valence-corrected chi connectivity index (χ2v) is 10.4. The first-order chi connectivity index (χ1) is 16.4. The molecule has 5 nitrogen and oxygen atoms in total. The molecule has 0 radical (unpaired) electrons. The Kier molecular flexibility index (Phi) is 6.52. The highest BCUT2D eigenvalue weighted by molar-refractivity contribution is 5.72. The first kappa shape index (κ1) is 23.2. The van der Waals surface area contributed by atoms with Crippen LogP contribution in [0.5, 0.6) is 5.75 Å². The molecule has 0 N–H and O–H groups in total. The summed E-state index contributed by atoms with van der Waals surface area (Å²) in [7, 11) is 0. The molecule has 3 fully saturated rings. The molecule has 1 atom stereocenters. The van der Waals surface area contributed by atoms with E-state index in [1.165, 1.54) is 25.0 Å². The smallest absolute Gasteiger partial charge is 0.411 e. The lowest BCUT2D eigenvalue weighted by Gasteiger charge is -2.43. The van der Waals surface area contributed by atoms with E-state index in [-0.39, 0.29) is 18.0 Å². The SMILES string of the molecule is CC(C)N1CCC2(CC1)OC(=O)N(Cc1ccc(OCC3CC3)cc1)C2Cc1ccc(F)cc1. The number of piperidine rings is 1. The van der Waals surface area contributed by atoms with E-state index in [1.54, 1.807) is 0 Å². The minimum absolute atomic E-state index is 0.0921. The first-order valence-electron chi connectivity index (χ1n) is 12.6. The second kappa shape index (κ2) is 9.57. The summed E-state index contributed by atoms with van der Waals surface area (Å²) in [5, 5.41) is 0. The number of halogens is 1. The molecule has 2 aliphatic heterocycles. The van der Waals surface area contributed by atoms with Crippen LogP contribution in [0, 0.1) is 11.7 Å². The van der Waals surface area contributed by atoms with E-state index in [4.69, 9.17) is 9.47 Å². The quantitative estimate of drug-likeness (QED) is 0.521. The molecule has 1 unspecified atom stereocenters. The highest BCUT2D eigenvalue weighted by atomic mass is 19.1. The Morgan fingerprint density at radius 3 is 2.29 bits per heavy atom. The van der Waals surface area contributed by atoms with Crippen LogP contribution in [0.15, 0.2) is 48.5 Å². The Morgan fingerprint density at radius 2 is 1.68 bits per heavy atom. The van der Waals surface area contributed by atoms with Crippen molar-refractivity contribution in [3.63, 3.8) is 0 Å². The minimum atomic E-state index is -0.510. The van der Waals surface area contributed by atoms with E-state index in [2.05, 4.69) is 18.7 Å². The third kappa shape index (κ3) is 5.07. The molecule has 182 valence electrons. The van der Waals surface area contributed by atoms with E-state index < -0.39 is 5.60 Å². The zero-order chi connectivity index (χ0) is 23.7. The number of hydrogen-bond donors (Lipinski definition) is 0. The molecule has 5 rings (SSSR count). The van der Waals surface area contributed by atoms with Crippen LogP contribution < -0.4 is 4.74 Å². The maximum absolute atomic E-state index is 13.5. The summed E-state index contributed by atoms with van der Waals surface area (Å²) in [5.74, 6) is 1.34. The monoisotopic (exact) mass is 466 g/mol. The van der Waals surface area contributed by atoms with Gasteiger partial charge in [-0.15, -0.1) is 0 Å². The molecule has 1 spiro atoms. The zero-order valence-corrected chi connectivity index (χ0v) is 20.2. The molecule has 0 aromatic heterocycles. The number of amides is 1. The van der Waals surface area contributed by atoms with Crippen LogP contribution in [0.25, 0.3) is 0 Å². The van der Waals surface area contributed by atoms with Crippen molar-refractivity contribution in [1.29, 1.82) is 0 Å². The van der Waals surface area contributed by atoms with E-state index in [9.17, 15) is 9.18 Å². The molecular formula is C28H35FN2O3. The standard InChI is InChI=1S/C28H35FN2O3/c1-20(2)30-15-13-28(14-16-30)26(17-21-5-9-24(29)10-6-21)31(27(32)34-28)18-22-7-11-25(12-8-22)33-19-23-3-4-23/h5-12,20,23,26H,3-4,13-19H2,1-2H3. The number of likely N-dealkylation sites (tertiary alicyclic amines) is 1. The summed E-state index contributed by atoms with van der Waals surface area (Å²) in [5.41, 5.74) is 1.56. The summed E-state index contributed by atoms with van der Waals surface area (Å²) < 4.78 is 25.6. The van der Waals surface area contributed by atoms with Crippen molar-refractivity contribution in [3.05, 3.63) is 65.5 Å². The third-order valence-electron chi connectivity index (χ3n) is 7.68. The first-order valence-corrected chi connectivity index (χ1v) is 12.6. The van der Waals surface area contributed by atoms with E-state index >= 15 is 0 Å². The van der Waals surface area contributed by atoms with E-state index in [1.807, 2.05) is 41.3 Å². The van der Waals surface area contributed by atoms with Gasteiger partial charge in [-0.05, 0) is 74.4 Å². The van der Waals surface area contributed by atoms with Crippen molar-refractivity contribution in [2.24, 2.45) is 5.92 Å². The van der Waals surface area contributed by atoms with Crippen molar-refractivity contribution in [2.75, 3.05) is 19.7 Å². The van der Waals surface area contributed by atoms with Crippen LogP contribution >= 0.6 is 0 Å². The Bertz CT molecular complexity index is 980. The van der Waals surface area contributed by atoms with Crippen molar-refractivity contribution in [3.8, 4) is 5.75 Å². The van der Waals surface area contributed by atoms with Gasteiger partial charge >= 0.3 is 6.09 Å². The summed E-state index contributed by atoms with van der Waals surface area (Å²) in [4.78, 5) is 17.5. The van der Waals surface area contributed by atoms with Crippen molar-refractivity contribution < 1.29 is 18.7 Å². The van der Waals surface area contributed by atoms with Gasteiger partial charge in [0.25, 0.3) is 0 Å². The van der Waals surface area contributed by atoms with Gasteiger partial charge < -0.3 is 14.4 Å². The molecule has 2 heterocycles. The van der Waals surface area contributed by atoms with Gasteiger partial charge in [-0.25, -0.2) is 9.18 Å². The average Bonchev–Trinajstić information content (AvgIpc) is 3.63. The Hall–Kier alpha value is -2.60. The number of ether oxygens (including phenoxy) is 2. The maximum Gasteiger partial charge on any atom is 0.411 e. The molecule has 2 aromatic rings. The van der Waals surface area contributed by atoms with Gasteiger partial charge in [0, 0.05) is 38.5 Å². The predicted molar refractivity (Wildman–Crippen MR) is 129 cm³/mol. The van der Waals surface area contributed by atoms with Crippen molar-refractivity contribution in [1.82, 2.24) is 9.80 Å². The van der Waals surface area contributed by atoms with Gasteiger partial charge in [0.1, 0.15) is 17.2 Å². The van der Waals surface area contributed by atoms with Gasteiger partial charge in [-0.2, -0.15) is 0 Å².